The number of rotatable bonds is 3. The van der Waals surface area contributed by atoms with Crippen molar-refractivity contribution in [3.05, 3.63) is 28.8 Å². The summed E-state index contributed by atoms with van der Waals surface area (Å²) in [4.78, 5) is 15.7. The lowest BCUT2D eigenvalue weighted by atomic mass is 10.2. The van der Waals surface area contributed by atoms with E-state index in [0.717, 1.165) is 44.2 Å². The Balaban J connectivity index is 1.68. The van der Waals surface area contributed by atoms with Crippen molar-refractivity contribution in [2.45, 2.75) is 18.9 Å². The van der Waals surface area contributed by atoms with Crippen LogP contribution in [-0.2, 0) is 0 Å². The third kappa shape index (κ3) is 2.38. The number of hydrogen-bond acceptors (Lipinski definition) is 3. The van der Waals surface area contributed by atoms with Gasteiger partial charge in [0.25, 0.3) is 0 Å². The number of nitrogens with zero attached hydrogens (tertiary/aromatic N) is 2. The van der Waals surface area contributed by atoms with E-state index < -0.39 is 0 Å². The highest BCUT2D eigenvalue weighted by Gasteiger charge is 2.31. The zero-order chi connectivity index (χ0) is 12.5. The minimum absolute atomic E-state index is 0.548. The van der Waals surface area contributed by atoms with Crippen molar-refractivity contribution in [1.29, 1.82) is 0 Å². The molecule has 2 aliphatic rings. The quantitative estimate of drug-likeness (QED) is 0.784. The van der Waals surface area contributed by atoms with Gasteiger partial charge in [0.2, 0.25) is 0 Å². The molecule has 1 aliphatic carbocycles. The maximum absolute atomic E-state index is 10.7. The van der Waals surface area contributed by atoms with Crippen LogP contribution in [0.5, 0.6) is 0 Å². The molecule has 3 nitrogen and oxygen atoms in total. The molecule has 96 valence electrons. The number of aldehydes is 1. The van der Waals surface area contributed by atoms with Crippen molar-refractivity contribution in [2.75, 3.05) is 31.1 Å². The second kappa shape index (κ2) is 4.90. The highest BCUT2D eigenvalue weighted by Crippen LogP contribution is 2.29. The fourth-order valence-corrected chi connectivity index (χ4v) is 2.81. The summed E-state index contributed by atoms with van der Waals surface area (Å²) in [6.07, 6.45) is 3.55. The van der Waals surface area contributed by atoms with Gasteiger partial charge in [-0.25, -0.2) is 0 Å². The zero-order valence-corrected chi connectivity index (χ0v) is 11.1. The molecular weight excluding hydrogens is 248 g/mol. The SMILES string of the molecule is O=Cc1ccc(N2CCN(C3CC3)CC2)cc1Cl. The molecule has 1 aliphatic heterocycles. The van der Waals surface area contributed by atoms with Crippen molar-refractivity contribution < 1.29 is 4.79 Å². The molecule has 1 heterocycles. The maximum atomic E-state index is 10.7. The van der Waals surface area contributed by atoms with Crippen LogP contribution in [0.25, 0.3) is 0 Å². The lowest BCUT2D eigenvalue weighted by Gasteiger charge is -2.36. The molecule has 18 heavy (non-hydrogen) atoms. The van der Waals surface area contributed by atoms with Gasteiger partial charge in [0.15, 0.2) is 6.29 Å². The van der Waals surface area contributed by atoms with E-state index in [1.165, 1.54) is 12.8 Å². The maximum Gasteiger partial charge on any atom is 0.151 e. The molecule has 0 amide bonds. The van der Waals surface area contributed by atoms with Crippen LogP contribution in [0.15, 0.2) is 18.2 Å². The van der Waals surface area contributed by atoms with Crippen LogP contribution in [0.3, 0.4) is 0 Å². The summed E-state index contributed by atoms with van der Waals surface area (Å²) >= 11 is 6.07. The third-order valence-electron chi connectivity index (χ3n) is 3.85. The molecule has 4 heteroatoms. The molecular formula is C14H17ClN2O. The standard InChI is InChI=1S/C14H17ClN2O/c15-14-9-13(2-1-11(14)10-18)17-7-5-16(6-8-17)12-3-4-12/h1-2,9-10,12H,3-8H2. The van der Waals surface area contributed by atoms with Crippen molar-refractivity contribution in [2.24, 2.45) is 0 Å². The van der Waals surface area contributed by atoms with Gasteiger partial charge in [-0.3, -0.25) is 9.69 Å². The first-order chi connectivity index (χ1) is 8.78. The Morgan fingerprint density at radius 2 is 1.89 bits per heavy atom. The van der Waals surface area contributed by atoms with Crippen LogP contribution in [0.4, 0.5) is 5.69 Å². The first-order valence-electron chi connectivity index (χ1n) is 6.51. The van der Waals surface area contributed by atoms with Crippen LogP contribution in [-0.4, -0.2) is 43.4 Å². The molecule has 1 aromatic rings. The highest BCUT2D eigenvalue weighted by atomic mass is 35.5. The minimum Gasteiger partial charge on any atom is -0.369 e. The Kier molecular flexibility index (Phi) is 3.27. The predicted molar refractivity (Wildman–Crippen MR) is 73.6 cm³/mol. The van der Waals surface area contributed by atoms with Crippen LogP contribution >= 0.6 is 11.6 Å². The molecule has 1 saturated heterocycles. The second-order valence-electron chi connectivity index (χ2n) is 5.08. The van der Waals surface area contributed by atoms with Crippen molar-refractivity contribution >= 4 is 23.6 Å². The van der Waals surface area contributed by atoms with Gasteiger partial charge in [0.05, 0.1) is 5.02 Å². The van der Waals surface area contributed by atoms with Crippen molar-refractivity contribution in [1.82, 2.24) is 4.90 Å². The normalized spacial score (nSPS) is 21.1. The summed E-state index contributed by atoms with van der Waals surface area (Å²) in [6.45, 7) is 4.37. The molecule has 0 spiro atoms. The van der Waals surface area contributed by atoms with Gasteiger partial charge >= 0.3 is 0 Å². The van der Waals surface area contributed by atoms with Gasteiger partial charge in [0.1, 0.15) is 0 Å². The Morgan fingerprint density at radius 1 is 1.17 bits per heavy atom. The first-order valence-corrected chi connectivity index (χ1v) is 6.89. The highest BCUT2D eigenvalue weighted by molar-refractivity contribution is 6.33. The van der Waals surface area contributed by atoms with E-state index in [4.69, 9.17) is 11.6 Å². The van der Waals surface area contributed by atoms with Crippen LogP contribution < -0.4 is 4.90 Å². The van der Waals surface area contributed by atoms with Gasteiger partial charge in [-0.05, 0) is 31.0 Å². The average Bonchev–Trinajstić information content (AvgIpc) is 3.23. The summed E-state index contributed by atoms with van der Waals surface area (Å²) in [5.74, 6) is 0. The summed E-state index contributed by atoms with van der Waals surface area (Å²) in [5.41, 5.74) is 1.69. The van der Waals surface area contributed by atoms with Gasteiger partial charge < -0.3 is 4.90 Å². The molecule has 1 aromatic carbocycles. The van der Waals surface area contributed by atoms with E-state index >= 15 is 0 Å². The molecule has 3 rings (SSSR count). The number of halogens is 1. The van der Waals surface area contributed by atoms with Gasteiger partial charge in [-0.1, -0.05) is 11.6 Å². The fourth-order valence-electron chi connectivity index (χ4n) is 2.59. The molecule has 0 radical (unpaired) electrons. The molecule has 0 bridgehead atoms. The number of benzene rings is 1. The van der Waals surface area contributed by atoms with E-state index in [2.05, 4.69) is 9.80 Å². The number of carbonyl (C=O) groups is 1. The summed E-state index contributed by atoms with van der Waals surface area (Å²) in [5, 5.41) is 0.548. The summed E-state index contributed by atoms with van der Waals surface area (Å²) in [7, 11) is 0. The lowest BCUT2D eigenvalue weighted by molar-refractivity contribution is 0.112. The Labute approximate surface area is 112 Å². The first kappa shape index (κ1) is 12.0. The second-order valence-corrected chi connectivity index (χ2v) is 5.49. The van der Waals surface area contributed by atoms with E-state index in [1.54, 1.807) is 6.07 Å². The van der Waals surface area contributed by atoms with E-state index in [0.29, 0.717) is 10.6 Å². The molecule has 0 N–H and O–H groups in total. The number of piperazine rings is 1. The zero-order valence-electron chi connectivity index (χ0n) is 10.3. The summed E-state index contributed by atoms with van der Waals surface area (Å²) < 4.78 is 0. The van der Waals surface area contributed by atoms with Crippen molar-refractivity contribution in [3.8, 4) is 0 Å². The Hall–Kier alpha value is -1.06. The topological polar surface area (TPSA) is 23.6 Å². The molecule has 0 aromatic heterocycles. The number of anilines is 1. The van der Waals surface area contributed by atoms with E-state index in [9.17, 15) is 4.79 Å². The monoisotopic (exact) mass is 264 g/mol. The van der Waals surface area contributed by atoms with Crippen LogP contribution in [0.2, 0.25) is 5.02 Å². The molecule has 0 unspecified atom stereocenters. The van der Waals surface area contributed by atoms with E-state index in [-0.39, 0.29) is 0 Å². The smallest absolute Gasteiger partial charge is 0.151 e. The van der Waals surface area contributed by atoms with Crippen LogP contribution in [0.1, 0.15) is 23.2 Å². The van der Waals surface area contributed by atoms with Gasteiger partial charge in [-0.15, -0.1) is 0 Å². The fraction of sp³-hybridized carbons (Fsp3) is 0.500. The Morgan fingerprint density at radius 3 is 2.44 bits per heavy atom. The van der Waals surface area contributed by atoms with E-state index in [1.807, 2.05) is 12.1 Å². The molecule has 0 atom stereocenters. The minimum atomic E-state index is 0.548. The Bertz CT molecular complexity index is 451. The van der Waals surface area contributed by atoms with Gasteiger partial charge in [0, 0.05) is 43.5 Å². The summed E-state index contributed by atoms with van der Waals surface area (Å²) in [6, 6.07) is 6.55. The average molecular weight is 265 g/mol. The molecule has 1 saturated carbocycles. The number of carbonyl (C=O) groups excluding carboxylic acids is 1. The largest absolute Gasteiger partial charge is 0.369 e. The predicted octanol–water partition coefficient (Wildman–Crippen LogP) is 2.44. The van der Waals surface area contributed by atoms with Crippen molar-refractivity contribution in [3.63, 3.8) is 0 Å². The number of hydrogen-bond donors (Lipinski definition) is 0. The van der Waals surface area contributed by atoms with Gasteiger partial charge in [-0.2, -0.15) is 0 Å². The molecule has 2 fully saturated rings. The van der Waals surface area contributed by atoms with Crippen LogP contribution in [0, 0.1) is 0 Å². The third-order valence-corrected chi connectivity index (χ3v) is 4.18. The lowest BCUT2D eigenvalue weighted by Crippen LogP contribution is -2.47.